The lowest BCUT2D eigenvalue weighted by atomic mass is 10.1. The number of nitrogens with one attached hydrogen (secondary N) is 1. The van der Waals surface area contributed by atoms with Crippen molar-refractivity contribution in [3.05, 3.63) is 51.6 Å². The van der Waals surface area contributed by atoms with E-state index >= 15 is 0 Å². The minimum atomic E-state index is 0.712. The zero-order chi connectivity index (χ0) is 14.9. The molecule has 0 fully saturated rings. The maximum absolute atomic E-state index is 5.61. The number of nitrogens with zero attached hydrogens (tertiary/aromatic N) is 3. The van der Waals surface area contributed by atoms with Gasteiger partial charge in [0.05, 0.1) is 21.1 Å². The fourth-order valence-corrected chi connectivity index (χ4v) is 3.29. The predicted octanol–water partition coefficient (Wildman–Crippen LogP) is 3.18. The lowest BCUT2D eigenvalue weighted by Crippen LogP contribution is -2.05. The Morgan fingerprint density at radius 3 is 3.14 bits per heavy atom. The summed E-state index contributed by atoms with van der Waals surface area (Å²) >= 11 is 2.24. The molecule has 6 heteroatoms. The molecule has 0 atom stereocenters. The Morgan fingerprint density at radius 1 is 1.23 bits per heavy atom. The zero-order valence-electron chi connectivity index (χ0n) is 11.7. The number of hydrogen-bond donors (Lipinski definition) is 1. The molecule has 1 aliphatic rings. The Morgan fingerprint density at radius 2 is 2.18 bits per heavy atom. The van der Waals surface area contributed by atoms with Gasteiger partial charge >= 0.3 is 0 Å². The van der Waals surface area contributed by atoms with Crippen LogP contribution in [0.3, 0.4) is 0 Å². The summed E-state index contributed by atoms with van der Waals surface area (Å²) in [5.41, 5.74) is 3.47. The molecule has 3 aromatic rings. The fourth-order valence-electron chi connectivity index (χ4n) is 2.72. The summed E-state index contributed by atoms with van der Waals surface area (Å²) in [5.74, 6) is 1.82. The quantitative estimate of drug-likeness (QED) is 0.680. The van der Waals surface area contributed by atoms with Crippen LogP contribution in [0.2, 0.25) is 0 Å². The minimum Gasteiger partial charge on any atom is -0.493 e. The van der Waals surface area contributed by atoms with Crippen LogP contribution in [-0.4, -0.2) is 21.6 Å². The van der Waals surface area contributed by atoms with Gasteiger partial charge in [-0.3, -0.25) is 0 Å². The molecule has 4 rings (SSSR count). The highest BCUT2D eigenvalue weighted by atomic mass is 127. The van der Waals surface area contributed by atoms with Crippen molar-refractivity contribution in [2.45, 2.75) is 13.0 Å². The predicted molar refractivity (Wildman–Crippen MR) is 93.0 cm³/mol. The van der Waals surface area contributed by atoms with Crippen molar-refractivity contribution in [3.63, 3.8) is 0 Å². The Hall–Kier alpha value is -1.96. The number of aromatic nitrogens is 3. The average Bonchev–Trinajstić information content (AvgIpc) is 3.04. The molecule has 1 aromatic carbocycles. The molecule has 0 amide bonds. The molecule has 0 aliphatic carbocycles. The Bertz CT molecular complexity index is 853. The molecule has 3 heterocycles. The van der Waals surface area contributed by atoms with Crippen molar-refractivity contribution in [1.82, 2.24) is 15.0 Å². The van der Waals surface area contributed by atoms with Crippen LogP contribution in [0, 0.1) is 3.57 Å². The smallest absolute Gasteiger partial charge is 0.137 e. The second-order valence-electron chi connectivity index (χ2n) is 5.09. The van der Waals surface area contributed by atoms with Gasteiger partial charge in [0.15, 0.2) is 0 Å². The minimum absolute atomic E-state index is 0.712. The SMILES string of the molecule is Ic1cnc(NCc2cccc3c2CCO3)c2cncnc12. The number of benzene rings is 1. The van der Waals surface area contributed by atoms with Gasteiger partial charge in [-0.25, -0.2) is 15.0 Å². The first-order valence-electron chi connectivity index (χ1n) is 7.04. The monoisotopic (exact) mass is 404 g/mol. The zero-order valence-corrected chi connectivity index (χ0v) is 13.9. The van der Waals surface area contributed by atoms with E-state index < -0.39 is 0 Å². The number of ether oxygens (including phenoxy) is 1. The van der Waals surface area contributed by atoms with Gasteiger partial charge in [0.2, 0.25) is 0 Å². The van der Waals surface area contributed by atoms with Gasteiger partial charge in [-0.05, 0) is 34.2 Å². The largest absolute Gasteiger partial charge is 0.493 e. The molecular formula is C16H13IN4O. The van der Waals surface area contributed by atoms with Crippen molar-refractivity contribution in [2.75, 3.05) is 11.9 Å². The standard InChI is InChI=1S/C16H13IN4O/c17-13-8-20-16(12-7-18-9-21-15(12)13)19-6-10-2-1-3-14-11(10)4-5-22-14/h1-3,7-9H,4-6H2,(H,19,20). The number of fused-ring (bicyclic) bond motifs is 2. The third-order valence-corrected chi connectivity index (χ3v) is 4.58. The van der Waals surface area contributed by atoms with Crippen LogP contribution in [0.25, 0.3) is 10.9 Å². The van der Waals surface area contributed by atoms with Gasteiger partial charge in [0, 0.05) is 30.9 Å². The average molecular weight is 404 g/mol. The molecule has 5 nitrogen and oxygen atoms in total. The van der Waals surface area contributed by atoms with E-state index in [0.717, 1.165) is 39.1 Å². The molecule has 1 aliphatic heterocycles. The second kappa shape index (κ2) is 5.68. The summed E-state index contributed by atoms with van der Waals surface area (Å²) in [5, 5.41) is 4.35. The maximum Gasteiger partial charge on any atom is 0.137 e. The van der Waals surface area contributed by atoms with Crippen LogP contribution in [0.15, 0.2) is 36.9 Å². The summed E-state index contributed by atoms with van der Waals surface area (Å²) in [6.45, 7) is 1.48. The summed E-state index contributed by atoms with van der Waals surface area (Å²) in [6, 6.07) is 6.19. The molecule has 110 valence electrons. The first-order valence-corrected chi connectivity index (χ1v) is 8.12. The Balaban J connectivity index is 1.66. The van der Waals surface area contributed by atoms with Gasteiger partial charge < -0.3 is 10.1 Å². The van der Waals surface area contributed by atoms with Crippen LogP contribution >= 0.6 is 22.6 Å². The molecule has 1 N–H and O–H groups in total. The van der Waals surface area contributed by atoms with Gasteiger partial charge in [-0.15, -0.1) is 0 Å². The van der Waals surface area contributed by atoms with Crippen LogP contribution in [0.5, 0.6) is 5.75 Å². The van der Waals surface area contributed by atoms with E-state index in [0.29, 0.717) is 6.54 Å². The van der Waals surface area contributed by atoms with Crippen molar-refractivity contribution in [1.29, 1.82) is 0 Å². The van der Waals surface area contributed by atoms with E-state index in [-0.39, 0.29) is 0 Å². The Labute approximate surface area is 141 Å². The molecule has 0 saturated carbocycles. The van der Waals surface area contributed by atoms with Gasteiger partial charge in [0.1, 0.15) is 17.9 Å². The number of rotatable bonds is 3. The second-order valence-corrected chi connectivity index (χ2v) is 6.25. The molecule has 0 saturated heterocycles. The number of anilines is 1. The highest BCUT2D eigenvalue weighted by Gasteiger charge is 2.15. The number of pyridine rings is 1. The lowest BCUT2D eigenvalue weighted by molar-refractivity contribution is 0.357. The van der Waals surface area contributed by atoms with Crippen LogP contribution in [0.4, 0.5) is 5.82 Å². The molecule has 0 spiro atoms. The first kappa shape index (κ1) is 13.7. The highest BCUT2D eigenvalue weighted by Crippen LogP contribution is 2.29. The molecule has 0 radical (unpaired) electrons. The van der Waals surface area contributed by atoms with E-state index in [1.165, 1.54) is 11.1 Å². The molecular weight excluding hydrogens is 391 g/mol. The van der Waals surface area contributed by atoms with Gasteiger partial charge in [-0.1, -0.05) is 12.1 Å². The van der Waals surface area contributed by atoms with Crippen molar-refractivity contribution in [3.8, 4) is 5.75 Å². The van der Waals surface area contributed by atoms with Gasteiger partial charge in [-0.2, -0.15) is 0 Å². The molecule has 0 unspecified atom stereocenters. The van der Waals surface area contributed by atoms with Crippen LogP contribution in [-0.2, 0) is 13.0 Å². The topological polar surface area (TPSA) is 59.9 Å². The van der Waals surface area contributed by atoms with E-state index in [9.17, 15) is 0 Å². The van der Waals surface area contributed by atoms with E-state index in [2.05, 4.69) is 48.9 Å². The van der Waals surface area contributed by atoms with E-state index in [1.807, 2.05) is 18.3 Å². The van der Waals surface area contributed by atoms with Crippen LogP contribution in [0.1, 0.15) is 11.1 Å². The fraction of sp³-hybridized carbons (Fsp3) is 0.188. The third kappa shape index (κ3) is 2.37. The van der Waals surface area contributed by atoms with Gasteiger partial charge in [0.25, 0.3) is 0 Å². The molecule has 2 aromatic heterocycles. The van der Waals surface area contributed by atoms with Crippen molar-refractivity contribution < 1.29 is 4.74 Å². The maximum atomic E-state index is 5.61. The molecule has 22 heavy (non-hydrogen) atoms. The first-order chi connectivity index (χ1) is 10.8. The van der Waals surface area contributed by atoms with E-state index in [4.69, 9.17) is 4.74 Å². The third-order valence-electron chi connectivity index (χ3n) is 3.79. The normalized spacial score (nSPS) is 13.0. The highest BCUT2D eigenvalue weighted by molar-refractivity contribution is 14.1. The number of halogens is 1. The summed E-state index contributed by atoms with van der Waals surface area (Å²) in [7, 11) is 0. The van der Waals surface area contributed by atoms with Crippen molar-refractivity contribution >= 4 is 39.3 Å². The molecule has 0 bridgehead atoms. The Kier molecular flexibility index (Phi) is 3.53. The van der Waals surface area contributed by atoms with E-state index in [1.54, 1.807) is 12.5 Å². The summed E-state index contributed by atoms with van der Waals surface area (Å²) in [4.78, 5) is 12.9. The lowest BCUT2D eigenvalue weighted by Gasteiger charge is -2.11. The van der Waals surface area contributed by atoms with Crippen LogP contribution < -0.4 is 10.1 Å². The summed E-state index contributed by atoms with van der Waals surface area (Å²) < 4.78 is 6.64. The van der Waals surface area contributed by atoms with Crippen molar-refractivity contribution in [2.24, 2.45) is 0 Å². The number of hydrogen-bond acceptors (Lipinski definition) is 5. The summed E-state index contributed by atoms with van der Waals surface area (Å²) in [6.07, 6.45) is 6.17.